The average molecular weight is 630 g/mol. The Balaban J connectivity index is 1.22. The number of fused-ring (bicyclic) bond motifs is 5. The molecule has 4 aliphatic carbocycles. The van der Waals surface area contributed by atoms with Gasteiger partial charge in [0.05, 0.1) is 11.8 Å². The topological polar surface area (TPSA) is 91.7 Å². The van der Waals surface area contributed by atoms with Gasteiger partial charge in [-0.15, -0.1) is 0 Å². The minimum atomic E-state index is -1.79. The first kappa shape index (κ1) is 33.5. The maximum absolute atomic E-state index is 12.8. The van der Waals surface area contributed by atoms with Gasteiger partial charge >= 0.3 is 12.2 Å². The van der Waals surface area contributed by atoms with Gasteiger partial charge in [-0.3, -0.25) is 4.84 Å². The lowest BCUT2D eigenvalue weighted by atomic mass is 9.47. The van der Waals surface area contributed by atoms with Gasteiger partial charge in [-0.2, -0.15) is 0 Å². The maximum Gasteiger partial charge on any atom is 0.435 e. The van der Waals surface area contributed by atoms with Crippen molar-refractivity contribution in [1.29, 1.82) is 0 Å². The summed E-state index contributed by atoms with van der Waals surface area (Å²) in [4.78, 5) is 32.7. The van der Waals surface area contributed by atoms with Crippen LogP contribution >= 0.6 is 0 Å². The third-order valence-corrected chi connectivity index (χ3v) is 18.1. The van der Waals surface area contributed by atoms with Gasteiger partial charge in [0.15, 0.2) is 8.32 Å². The summed E-state index contributed by atoms with van der Waals surface area (Å²) in [5.74, 6) is 2.42. The van der Waals surface area contributed by atoms with Gasteiger partial charge in [-0.05, 0) is 118 Å². The van der Waals surface area contributed by atoms with Crippen molar-refractivity contribution >= 4 is 26.2 Å². The highest BCUT2D eigenvalue weighted by Gasteiger charge is 2.59. The molecule has 5 rings (SSSR count). The quantitative estimate of drug-likeness (QED) is 0.105. The molecule has 1 aliphatic heterocycles. The number of rotatable bonds is 6. The number of hydrogen-bond donors (Lipinski definition) is 1. The fraction of sp³-hybridized carbons (Fsp3) is 0.857. The van der Waals surface area contributed by atoms with Gasteiger partial charge in [-0.1, -0.05) is 51.4 Å². The lowest BCUT2D eigenvalue weighted by Gasteiger charge is -2.58. The Morgan fingerprint density at radius 3 is 2.52 bits per heavy atom. The van der Waals surface area contributed by atoms with E-state index in [0.717, 1.165) is 37.3 Å². The highest BCUT2D eigenvalue weighted by Crippen LogP contribution is 2.66. The molecular formula is C35H59N3O5Si. The molecule has 0 bridgehead atoms. The van der Waals surface area contributed by atoms with E-state index >= 15 is 0 Å². The molecule has 5 aliphatic rings. The Morgan fingerprint density at radius 2 is 1.84 bits per heavy atom. The van der Waals surface area contributed by atoms with E-state index < -0.39 is 20.5 Å². The monoisotopic (exact) mass is 629 g/mol. The van der Waals surface area contributed by atoms with Crippen LogP contribution in [0.25, 0.3) is 0 Å². The van der Waals surface area contributed by atoms with Crippen molar-refractivity contribution in [2.45, 2.75) is 136 Å². The number of allylic oxidation sites excluding steroid dienone is 1. The molecule has 2 amide bonds. The number of amides is 2. The van der Waals surface area contributed by atoms with E-state index in [-0.39, 0.29) is 21.9 Å². The molecule has 3 saturated carbocycles. The predicted molar refractivity (Wildman–Crippen MR) is 177 cm³/mol. The third kappa shape index (κ3) is 6.01. The number of likely N-dealkylation sites (N-methyl/N-ethyl adjacent to an activating group) is 1. The minimum absolute atomic E-state index is 0.170. The normalized spacial score (nSPS) is 37.5. The third-order valence-electron chi connectivity index (χ3n) is 13.5. The van der Waals surface area contributed by atoms with E-state index in [1.165, 1.54) is 48.3 Å². The Bertz CT molecular complexity index is 1180. The zero-order valence-corrected chi connectivity index (χ0v) is 29.9. The lowest BCUT2D eigenvalue weighted by Crippen LogP contribution is -2.52. The van der Waals surface area contributed by atoms with Crippen LogP contribution in [0, 0.1) is 34.5 Å². The van der Waals surface area contributed by atoms with Crippen LogP contribution in [0.15, 0.2) is 16.8 Å². The zero-order chi connectivity index (χ0) is 32.2. The number of carbonyl (C=O) groups excluding carboxylic acids is 1. The summed E-state index contributed by atoms with van der Waals surface area (Å²) in [6, 6.07) is -0.188. The van der Waals surface area contributed by atoms with Crippen molar-refractivity contribution in [2.24, 2.45) is 39.7 Å². The van der Waals surface area contributed by atoms with Gasteiger partial charge in [0.25, 0.3) is 0 Å². The summed E-state index contributed by atoms with van der Waals surface area (Å²) in [5, 5.41) is 14.1. The van der Waals surface area contributed by atoms with Crippen molar-refractivity contribution in [3.05, 3.63) is 11.6 Å². The average Bonchev–Trinajstić information content (AvgIpc) is 3.55. The van der Waals surface area contributed by atoms with Gasteiger partial charge in [0.1, 0.15) is 0 Å². The van der Waals surface area contributed by atoms with Crippen molar-refractivity contribution in [3.63, 3.8) is 0 Å². The molecular weight excluding hydrogens is 570 g/mol. The van der Waals surface area contributed by atoms with E-state index in [1.54, 1.807) is 12.6 Å². The fourth-order valence-electron chi connectivity index (χ4n) is 9.92. The second-order valence-electron chi connectivity index (χ2n) is 16.9. The Kier molecular flexibility index (Phi) is 9.17. The molecule has 9 heteroatoms. The fourth-order valence-corrected chi connectivity index (χ4v) is 11.3. The summed E-state index contributed by atoms with van der Waals surface area (Å²) in [7, 11) is -0.121. The van der Waals surface area contributed by atoms with Gasteiger partial charge in [-0.25, -0.2) is 9.59 Å². The lowest BCUT2D eigenvalue weighted by molar-refractivity contribution is -0.0415. The second-order valence-corrected chi connectivity index (χ2v) is 21.7. The van der Waals surface area contributed by atoms with E-state index in [2.05, 4.69) is 58.9 Å². The molecule has 248 valence electrons. The molecule has 0 unspecified atom stereocenters. The van der Waals surface area contributed by atoms with Crippen LogP contribution in [-0.2, 0) is 9.26 Å². The van der Waals surface area contributed by atoms with Crippen molar-refractivity contribution < 1.29 is 24.0 Å². The van der Waals surface area contributed by atoms with E-state index in [4.69, 9.17) is 9.26 Å². The highest BCUT2D eigenvalue weighted by molar-refractivity contribution is 6.74. The number of nitrogens with zero attached hydrogens (tertiary/aromatic N) is 3. The SMILES string of the molecule is C/C(=N\OC(=O)N(C)C[C@@H]1CCCN1C(=O)O)[C@H]1CC[C@H]2[C@@H]3CC=C4C[C@@H](O[Si](C)(C)C(C)(C)C)CC[C@]4(C)[C@H]3CC[C@]12C. The number of oxime groups is 1. The van der Waals surface area contributed by atoms with Crippen LogP contribution in [-0.4, -0.2) is 73.4 Å². The van der Waals surface area contributed by atoms with Crippen molar-refractivity contribution in [3.8, 4) is 0 Å². The Morgan fingerprint density at radius 1 is 1.11 bits per heavy atom. The Hall–Kier alpha value is -1.87. The first-order chi connectivity index (χ1) is 20.5. The van der Waals surface area contributed by atoms with Gasteiger partial charge in [0.2, 0.25) is 0 Å². The first-order valence-electron chi connectivity index (χ1n) is 17.3. The molecule has 0 radical (unpaired) electrons. The smallest absolute Gasteiger partial charge is 0.435 e. The van der Waals surface area contributed by atoms with Crippen LogP contribution in [0.1, 0.15) is 106 Å². The summed E-state index contributed by atoms with van der Waals surface area (Å²) in [6.45, 7) is 19.7. The number of likely N-dealkylation sites (tertiary alicyclic amines) is 1. The number of carbonyl (C=O) groups is 2. The predicted octanol–water partition coefficient (Wildman–Crippen LogP) is 8.54. The maximum atomic E-state index is 12.8. The summed E-state index contributed by atoms with van der Waals surface area (Å²) >= 11 is 0. The highest BCUT2D eigenvalue weighted by atomic mass is 28.4. The van der Waals surface area contributed by atoms with Crippen LogP contribution in [0.3, 0.4) is 0 Å². The zero-order valence-electron chi connectivity index (χ0n) is 28.9. The van der Waals surface area contributed by atoms with Crippen molar-refractivity contribution in [1.82, 2.24) is 9.80 Å². The largest absolute Gasteiger partial charge is 0.465 e. The molecule has 8 nitrogen and oxygen atoms in total. The van der Waals surface area contributed by atoms with Crippen LogP contribution < -0.4 is 0 Å². The second kappa shape index (κ2) is 12.1. The van der Waals surface area contributed by atoms with E-state index in [9.17, 15) is 14.7 Å². The summed E-state index contributed by atoms with van der Waals surface area (Å²) in [6.07, 6.45) is 12.6. The molecule has 0 aromatic rings. The molecule has 0 aromatic carbocycles. The molecule has 8 atom stereocenters. The molecule has 1 saturated heterocycles. The van der Waals surface area contributed by atoms with Crippen molar-refractivity contribution in [2.75, 3.05) is 20.1 Å². The molecule has 44 heavy (non-hydrogen) atoms. The Labute approximate surface area is 267 Å². The van der Waals surface area contributed by atoms with E-state index in [1.807, 2.05) is 6.92 Å². The number of hydrogen-bond acceptors (Lipinski definition) is 5. The van der Waals surface area contributed by atoms with Gasteiger partial charge in [0, 0.05) is 32.2 Å². The standard InChI is InChI=1S/C35H59N3O5Si/c1-23(36-42-32(41)37(7)22-25-11-10-20-38(25)31(39)40)28-14-15-29-27-13-12-24-21-26(43-44(8,9)33(2,3)4)16-18-34(24,5)30(27)17-19-35(28,29)6/h12,25-30H,10-11,13-22H2,1-9H3,(H,39,40)/b36-23+/t25-,26-,27-,28+,29-,30-,34-,35+/m0/s1. The van der Waals surface area contributed by atoms with E-state index in [0.29, 0.717) is 36.9 Å². The molecule has 4 fully saturated rings. The molecule has 1 heterocycles. The van der Waals surface area contributed by atoms with Crippen LogP contribution in [0.2, 0.25) is 18.1 Å². The number of carboxylic acid groups (broad SMARTS) is 1. The van der Waals surface area contributed by atoms with Crippen LogP contribution in [0.5, 0.6) is 0 Å². The molecule has 1 N–H and O–H groups in total. The summed E-state index contributed by atoms with van der Waals surface area (Å²) < 4.78 is 6.92. The van der Waals surface area contributed by atoms with Gasteiger partial charge < -0.3 is 19.3 Å². The first-order valence-corrected chi connectivity index (χ1v) is 20.2. The molecule has 0 aromatic heterocycles. The minimum Gasteiger partial charge on any atom is -0.465 e. The molecule has 0 spiro atoms. The van der Waals surface area contributed by atoms with Crippen LogP contribution in [0.4, 0.5) is 9.59 Å². The summed E-state index contributed by atoms with van der Waals surface area (Å²) in [5.41, 5.74) is 3.05.